The van der Waals surface area contributed by atoms with Crippen LogP contribution in [-0.2, 0) is 0 Å². The van der Waals surface area contributed by atoms with Gasteiger partial charge in [0.05, 0.1) is 5.71 Å². The topological polar surface area (TPSA) is 23.9 Å². The highest BCUT2D eigenvalue weighted by Crippen LogP contribution is 2.45. The minimum atomic E-state index is 0.195. The van der Waals surface area contributed by atoms with Gasteiger partial charge in [0.2, 0.25) is 0 Å². The summed E-state index contributed by atoms with van der Waals surface area (Å²) in [5.74, 6) is 0.195. The average molecular weight is 325 g/mol. The van der Waals surface area contributed by atoms with E-state index in [1.165, 1.54) is 38.9 Å². The number of benzene rings is 3. The molecular formula is C24H23N. The van der Waals surface area contributed by atoms with Crippen LogP contribution in [0.4, 0.5) is 0 Å². The van der Waals surface area contributed by atoms with Crippen molar-refractivity contribution >= 4 is 5.71 Å². The number of rotatable bonds is 1. The lowest BCUT2D eigenvalue weighted by atomic mass is 9.69. The van der Waals surface area contributed by atoms with Crippen LogP contribution < -0.4 is 0 Å². The van der Waals surface area contributed by atoms with Crippen LogP contribution in [0.1, 0.15) is 56.0 Å². The highest BCUT2D eigenvalue weighted by molar-refractivity contribution is 6.16. The van der Waals surface area contributed by atoms with Gasteiger partial charge in [0, 0.05) is 17.0 Å². The summed E-state index contributed by atoms with van der Waals surface area (Å²) in [5.41, 5.74) is 11.8. The second-order valence-electron chi connectivity index (χ2n) is 7.19. The van der Waals surface area contributed by atoms with Crippen molar-refractivity contribution < 1.29 is 0 Å². The summed E-state index contributed by atoms with van der Waals surface area (Å²) >= 11 is 0. The molecule has 0 radical (unpaired) electrons. The molecule has 0 aromatic heterocycles. The smallest absolute Gasteiger partial charge is 0.0696 e. The van der Waals surface area contributed by atoms with Crippen LogP contribution in [0, 0.1) is 33.1 Å². The Morgan fingerprint density at radius 3 is 1.52 bits per heavy atom. The molecule has 1 nitrogen and oxygen atoms in total. The molecule has 0 bridgehead atoms. The summed E-state index contributed by atoms with van der Waals surface area (Å²) in [6, 6.07) is 19.5. The number of hydrogen-bond donors (Lipinski definition) is 1. The van der Waals surface area contributed by atoms with Crippen LogP contribution in [0.3, 0.4) is 0 Å². The molecule has 4 rings (SSSR count). The predicted molar refractivity (Wildman–Crippen MR) is 105 cm³/mol. The van der Waals surface area contributed by atoms with Crippen molar-refractivity contribution in [2.45, 2.75) is 33.6 Å². The SMILES string of the molecule is Cc1ccc(C)c2c1C(=N)c1c(C)ccc(C)c1C2c1ccccc1. The van der Waals surface area contributed by atoms with E-state index in [4.69, 9.17) is 5.41 Å². The standard InChI is InChI=1S/C24H23N/c1-14-10-12-16(3)21-19(14)23(18-8-6-5-7-9-18)20-15(2)11-13-17(4)22(20)24(21)25/h5-13,23,25H,1-4H3. The minimum Gasteiger partial charge on any atom is -0.300 e. The first-order valence-electron chi connectivity index (χ1n) is 8.85. The average Bonchev–Trinajstić information content (AvgIpc) is 2.61. The molecule has 3 aromatic rings. The second-order valence-corrected chi connectivity index (χ2v) is 7.19. The lowest BCUT2D eigenvalue weighted by Gasteiger charge is -2.34. The Labute approximate surface area is 149 Å². The Morgan fingerprint density at radius 1 is 0.600 bits per heavy atom. The molecule has 0 fully saturated rings. The van der Waals surface area contributed by atoms with Crippen molar-refractivity contribution in [2.24, 2.45) is 0 Å². The summed E-state index contributed by atoms with van der Waals surface area (Å²) in [6.45, 7) is 8.62. The van der Waals surface area contributed by atoms with E-state index in [-0.39, 0.29) is 5.92 Å². The van der Waals surface area contributed by atoms with Gasteiger partial charge < -0.3 is 0 Å². The first-order valence-corrected chi connectivity index (χ1v) is 8.85. The Kier molecular flexibility index (Phi) is 3.61. The number of hydrogen-bond acceptors (Lipinski definition) is 1. The van der Waals surface area contributed by atoms with E-state index in [2.05, 4.69) is 82.3 Å². The normalized spacial score (nSPS) is 15.7. The summed E-state index contributed by atoms with van der Waals surface area (Å²) in [5, 5.41) is 8.98. The van der Waals surface area contributed by atoms with Gasteiger partial charge in [-0.3, -0.25) is 5.41 Å². The first-order chi connectivity index (χ1) is 12.0. The molecule has 1 N–H and O–H groups in total. The van der Waals surface area contributed by atoms with Crippen molar-refractivity contribution in [3.8, 4) is 0 Å². The lowest BCUT2D eigenvalue weighted by Crippen LogP contribution is -2.24. The molecule has 0 unspecified atom stereocenters. The monoisotopic (exact) mass is 325 g/mol. The molecule has 1 heteroatoms. The van der Waals surface area contributed by atoms with Gasteiger partial charge in [0.25, 0.3) is 0 Å². The summed E-state index contributed by atoms with van der Waals surface area (Å²) in [6.07, 6.45) is 0. The zero-order chi connectivity index (χ0) is 17.7. The number of aryl methyl sites for hydroxylation is 4. The minimum absolute atomic E-state index is 0.195. The molecule has 0 heterocycles. The molecule has 0 saturated carbocycles. The van der Waals surface area contributed by atoms with Gasteiger partial charge >= 0.3 is 0 Å². The maximum absolute atomic E-state index is 8.98. The van der Waals surface area contributed by atoms with Crippen molar-refractivity contribution in [3.63, 3.8) is 0 Å². The number of fused-ring (bicyclic) bond motifs is 2. The molecule has 3 aromatic carbocycles. The number of nitrogens with one attached hydrogen (secondary N) is 1. The highest BCUT2D eigenvalue weighted by Gasteiger charge is 2.34. The molecule has 1 aliphatic rings. The van der Waals surface area contributed by atoms with E-state index in [0.717, 1.165) is 11.1 Å². The van der Waals surface area contributed by atoms with E-state index >= 15 is 0 Å². The van der Waals surface area contributed by atoms with Crippen molar-refractivity contribution in [1.29, 1.82) is 5.41 Å². The van der Waals surface area contributed by atoms with E-state index in [0.29, 0.717) is 5.71 Å². The summed E-state index contributed by atoms with van der Waals surface area (Å²) in [7, 11) is 0. The molecule has 0 spiro atoms. The van der Waals surface area contributed by atoms with Gasteiger partial charge in [-0.05, 0) is 66.6 Å². The van der Waals surface area contributed by atoms with Gasteiger partial charge in [-0.25, -0.2) is 0 Å². The third kappa shape index (κ3) is 2.26. The first kappa shape index (κ1) is 15.8. The molecule has 1 aliphatic carbocycles. The van der Waals surface area contributed by atoms with Crippen LogP contribution in [0.5, 0.6) is 0 Å². The summed E-state index contributed by atoms with van der Waals surface area (Å²) < 4.78 is 0. The van der Waals surface area contributed by atoms with Crippen LogP contribution in [0.25, 0.3) is 0 Å². The van der Waals surface area contributed by atoms with Crippen molar-refractivity contribution in [3.05, 3.63) is 105 Å². The largest absolute Gasteiger partial charge is 0.300 e. The van der Waals surface area contributed by atoms with E-state index < -0.39 is 0 Å². The third-order valence-electron chi connectivity index (χ3n) is 5.55. The van der Waals surface area contributed by atoms with E-state index in [9.17, 15) is 0 Å². The molecule has 0 aliphatic heterocycles. The Hall–Kier alpha value is -2.67. The van der Waals surface area contributed by atoms with Gasteiger partial charge in [0.15, 0.2) is 0 Å². The van der Waals surface area contributed by atoms with Gasteiger partial charge in [-0.15, -0.1) is 0 Å². The van der Waals surface area contributed by atoms with Crippen molar-refractivity contribution in [2.75, 3.05) is 0 Å². The molecular weight excluding hydrogens is 302 g/mol. The van der Waals surface area contributed by atoms with E-state index in [1.807, 2.05) is 0 Å². The molecule has 0 saturated heterocycles. The van der Waals surface area contributed by atoms with Crippen LogP contribution in [0.2, 0.25) is 0 Å². The Balaban J connectivity index is 2.16. The van der Waals surface area contributed by atoms with Crippen molar-refractivity contribution in [1.82, 2.24) is 0 Å². The lowest BCUT2D eigenvalue weighted by molar-refractivity contribution is 0.920. The Bertz CT molecular complexity index is 935. The zero-order valence-electron chi connectivity index (χ0n) is 15.3. The maximum atomic E-state index is 8.98. The summed E-state index contributed by atoms with van der Waals surface area (Å²) in [4.78, 5) is 0. The third-order valence-corrected chi connectivity index (χ3v) is 5.55. The zero-order valence-corrected chi connectivity index (χ0v) is 15.3. The van der Waals surface area contributed by atoms with Gasteiger partial charge in [0.1, 0.15) is 0 Å². The predicted octanol–water partition coefficient (Wildman–Crippen LogP) is 5.83. The van der Waals surface area contributed by atoms with Crippen LogP contribution in [-0.4, -0.2) is 5.71 Å². The quantitative estimate of drug-likeness (QED) is 0.455. The highest BCUT2D eigenvalue weighted by atomic mass is 14.5. The molecule has 0 amide bonds. The fraction of sp³-hybridized carbons (Fsp3) is 0.208. The molecule has 25 heavy (non-hydrogen) atoms. The molecule has 124 valence electrons. The van der Waals surface area contributed by atoms with Crippen LogP contribution >= 0.6 is 0 Å². The molecule has 0 atom stereocenters. The Morgan fingerprint density at radius 2 is 1.04 bits per heavy atom. The second kappa shape index (κ2) is 5.70. The fourth-order valence-electron chi connectivity index (χ4n) is 4.32. The van der Waals surface area contributed by atoms with Crippen LogP contribution in [0.15, 0.2) is 54.6 Å². The fourth-order valence-corrected chi connectivity index (χ4v) is 4.32. The van der Waals surface area contributed by atoms with E-state index in [1.54, 1.807) is 0 Å². The van der Waals surface area contributed by atoms with Gasteiger partial charge in [-0.2, -0.15) is 0 Å². The van der Waals surface area contributed by atoms with Gasteiger partial charge in [-0.1, -0.05) is 54.6 Å². The maximum Gasteiger partial charge on any atom is 0.0696 e.